The fraction of sp³-hybridized carbons (Fsp3) is 0.304. The number of nitrogens with one attached hydrogen (secondary N) is 2. The smallest absolute Gasteiger partial charge is 0.247 e. The first-order chi connectivity index (χ1) is 27.6. The average Bonchev–Trinajstić information content (AvgIpc) is 4.01. The Morgan fingerprint density at radius 3 is 1.26 bits per heavy atom. The fourth-order valence-corrected chi connectivity index (χ4v) is 8.05. The standard InChI is InChI=1S/C46H50N6O5/c1-49(2)41(33-13-7-5-8-14-33)45(55)51-29-11-17-37(51)43(53)47-35-23-19-31(20-24-35)39-27-28-40(57-39)32-21-25-36(26-22-32)48-44(54)38-18-12-30-52(38)46(56)42(50(3)4)34-15-9-6-10-16-34/h5-10,13-16,19-28,37-38,41-42H,11-12,17-18,29-30H2,1-4H3,(H,47,53)(H,48,54)/t37-,38-,41+,42+/m0/s1. The molecule has 2 aliphatic heterocycles. The zero-order valence-corrected chi connectivity index (χ0v) is 32.9. The number of carbonyl (C=O) groups is 4. The minimum Gasteiger partial charge on any atom is -0.456 e. The van der Waals surface area contributed by atoms with Gasteiger partial charge in [-0.2, -0.15) is 0 Å². The molecule has 0 bridgehead atoms. The van der Waals surface area contributed by atoms with Gasteiger partial charge in [0.25, 0.3) is 0 Å². The van der Waals surface area contributed by atoms with E-state index in [2.05, 4.69) is 10.6 Å². The lowest BCUT2D eigenvalue weighted by Crippen LogP contribution is -2.47. The van der Waals surface area contributed by atoms with E-state index in [0.29, 0.717) is 48.8 Å². The van der Waals surface area contributed by atoms with Crippen molar-refractivity contribution in [2.24, 2.45) is 0 Å². The van der Waals surface area contributed by atoms with Crippen LogP contribution < -0.4 is 10.6 Å². The van der Waals surface area contributed by atoms with Crippen molar-refractivity contribution in [3.8, 4) is 22.6 Å². The maximum absolute atomic E-state index is 13.7. The van der Waals surface area contributed by atoms with Gasteiger partial charge in [0, 0.05) is 35.6 Å². The third-order valence-corrected chi connectivity index (χ3v) is 10.9. The summed E-state index contributed by atoms with van der Waals surface area (Å²) in [6.45, 7) is 1.08. The molecule has 1 aromatic heterocycles. The highest BCUT2D eigenvalue weighted by atomic mass is 16.3. The molecule has 2 fully saturated rings. The number of rotatable bonds is 12. The topological polar surface area (TPSA) is 118 Å². The Hall–Kier alpha value is -6.04. The molecule has 4 atom stereocenters. The van der Waals surface area contributed by atoms with Crippen molar-refractivity contribution in [1.29, 1.82) is 0 Å². The maximum atomic E-state index is 13.7. The van der Waals surface area contributed by atoms with E-state index in [4.69, 9.17) is 4.42 Å². The van der Waals surface area contributed by atoms with Crippen LogP contribution in [0.3, 0.4) is 0 Å². The monoisotopic (exact) mass is 766 g/mol. The van der Waals surface area contributed by atoms with Crippen LogP contribution >= 0.6 is 0 Å². The summed E-state index contributed by atoms with van der Waals surface area (Å²) in [4.78, 5) is 61.7. The van der Waals surface area contributed by atoms with E-state index in [9.17, 15) is 19.2 Å². The van der Waals surface area contributed by atoms with E-state index in [1.165, 1.54) is 0 Å². The number of likely N-dealkylation sites (N-methyl/N-ethyl adjacent to an activating group) is 2. The van der Waals surface area contributed by atoms with E-state index in [-0.39, 0.29) is 23.6 Å². The number of nitrogens with zero attached hydrogens (tertiary/aromatic N) is 4. The summed E-state index contributed by atoms with van der Waals surface area (Å²) in [7, 11) is 7.53. The van der Waals surface area contributed by atoms with Crippen molar-refractivity contribution in [2.45, 2.75) is 49.9 Å². The maximum Gasteiger partial charge on any atom is 0.247 e. The molecule has 4 aromatic carbocycles. The normalized spacial score (nSPS) is 17.8. The largest absolute Gasteiger partial charge is 0.456 e. The van der Waals surface area contributed by atoms with Gasteiger partial charge >= 0.3 is 0 Å². The highest BCUT2D eigenvalue weighted by Crippen LogP contribution is 2.32. The predicted molar refractivity (Wildman–Crippen MR) is 222 cm³/mol. The summed E-state index contributed by atoms with van der Waals surface area (Å²) in [5, 5.41) is 6.04. The van der Waals surface area contributed by atoms with Gasteiger partial charge in [-0.3, -0.25) is 29.0 Å². The quantitative estimate of drug-likeness (QED) is 0.139. The number of likely N-dealkylation sites (tertiary alicyclic amines) is 2. The molecule has 294 valence electrons. The van der Waals surface area contributed by atoms with E-state index >= 15 is 0 Å². The number of hydrogen-bond acceptors (Lipinski definition) is 7. The Kier molecular flexibility index (Phi) is 12.0. The summed E-state index contributed by atoms with van der Waals surface area (Å²) in [6, 6.07) is 36.0. The van der Waals surface area contributed by atoms with Crippen LogP contribution in [-0.4, -0.2) is 96.6 Å². The van der Waals surface area contributed by atoms with Crippen LogP contribution in [0.4, 0.5) is 11.4 Å². The molecule has 11 heteroatoms. The summed E-state index contributed by atoms with van der Waals surface area (Å²) < 4.78 is 6.23. The van der Waals surface area contributed by atoms with Gasteiger partial charge in [-0.05, 0) is 126 Å². The molecule has 5 aromatic rings. The van der Waals surface area contributed by atoms with E-state index < -0.39 is 24.2 Å². The number of amides is 4. The minimum atomic E-state index is -0.543. The zero-order chi connectivity index (χ0) is 40.1. The second kappa shape index (κ2) is 17.4. The van der Waals surface area contributed by atoms with Crippen molar-refractivity contribution in [2.75, 3.05) is 51.9 Å². The van der Waals surface area contributed by atoms with Gasteiger partial charge in [0.05, 0.1) is 0 Å². The molecule has 0 saturated carbocycles. The van der Waals surface area contributed by atoms with Crippen LogP contribution in [0.5, 0.6) is 0 Å². The zero-order valence-electron chi connectivity index (χ0n) is 32.9. The van der Waals surface area contributed by atoms with Crippen molar-refractivity contribution in [3.05, 3.63) is 132 Å². The highest BCUT2D eigenvalue weighted by molar-refractivity contribution is 5.99. The molecule has 57 heavy (non-hydrogen) atoms. The van der Waals surface area contributed by atoms with Crippen molar-refractivity contribution >= 4 is 35.0 Å². The molecule has 0 aliphatic carbocycles. The first-order valence-electron chi connectivity index (χ1n) is 19.5. The van der Waals surface area contributed by atoms with Gasteiger partial charge in [0.1, 0.15) is 35.7 Å². The van der Waals surface area contributed by atoms with Gasteiger partial charge in [0.2, 0.25) is 23.6 Å². The summed E-state index contributed by atoms with van der Waals surface area (Å²) in [5.41, 5.74) is 4.76. The Morgan fingerprint density at radius 2 is 0.912 bits per heavy atom. The molecular formula is C46H50N6O5. The Labute approximate surface area is 334 Å². The van der Waals surface area contributed by atoms with Gasteiger partial charge in [-0.1, -0.05) is 60.7 Å². The first-order valence-corrected chi connectivity index (χ1v) is 19.5. The molecule has 11 nitrogen and oxygen atoms in total. The molecule has 7 rings (SSSR count). The Balaban J connectivity index is 0.951. The lowest BCUT2D eigenvalue weighted by molar-refractivity contribution is -0.141. The molecule has 2 saturated heterocycles. The van der Waals surface area contributed by atoms with Crippen molar-refractivity contribution in [1.82, 2.24) is 19.6 Å². The van der Waals surface area contributed by atoms with E-state index in [0.717, 1.165) is 35.1 Å². The molecule has 3 heterocycles. The fourth-order valence-electron chi connectivity index (χ4n) is 8.05. The molecule has 0 unspecified atom stereocenters. The van der Waals surface area contributed by atoms with Crippen LogP contribution in [0.2, 0.25) is 0 Å². The van der Waals surface area contributed by atoms with Gasteiger partial charge in [-0.15, -0.1) is 0 Å². The molecule has 4 amide bonds. The highest BCUT2D eigenvalue weighted by Gasteiger charge is 2.40. The molecule has 0 spiro atoms. The lowest BCUT2D eigenvalue weighted by Gasteiger charge is -2.31. The Morgan fingerprint density at radius 1 is 0.544 bits per heavy atom. The Bertz CT molecular complexity index is 2020. The third-order valence-electron chi connectivity index (χ3n) is 10.9. The number of hydrogen-bond donors (Lipinski definition) is 2. The SMILES string of the molecule is CN(C)[C@@H](C(=O)N1CCC[C@H]1C(=O)Nc1ccc(-c2ccc(-c3ccc(NC(=O)[C@@H]4CCCN4C(=O)[C@@H](c4ccccc4)N(C)C)cc3)o2)cc1)c1ccccc1. The van der Waals surface area contributed by atoms with Crippen LogP contribution in [-0.2, 0) is 19.2 Å². The van der Waals surface area contributed by atoms with E-state index in [1.807, 2.05) is 159 Å². The average molecular weight is 767 g/mol. The molecule has 2 aliphatic rings. The van der Waals surface area contributed by atoms with Crippen LogP contribution in [0.15, 0.2) is 126 Å². The third kappa shape index (κ3) is 8.70. The molecular weight excluding hydrogens is 717 g/mol. The number of anilines is 2. The summed E-state index contributed by atoms with van der Waals surface area (Å²) in [5.74, 6) is 0.785. The van der Waals surface area contributed by atoms with Gasteiger partial charge in [0.15, 0.2) is 0 Å². The minimum absolute atomic E-state index is 0.0751. The van der Waals surface area contributed by atoms with Crippen LogP contribution in [0.25, 0.3) is 22.6 Å². The van der Waals surface area contributed by atoms with Crippen molar-refractivity contribution < 1.29 is 23.6 Å². The first kappa shape index (κ1) is 39.2. The van der Waals surface area contributed by atoms with Gasteiger partial charge < -0.3 is 24.9 Å². The molecule has 2 N–H and O–H groups in total. The molecule has 0 radical (unpaired) electrons. The van der Waals surface area contributed by atoms with E-state index in [1.54, 1.807) is 9.80 Å². The second-order valence-corrected chi connectivity index (χ2v) is 15.2. The number of carbonyl (C=O) groups excluding carboxylic acids is 4. The number of benzene rings is 4. The summed E-state index contributed by atoms with van der Waals surface area (Å²) in [6.07, 6.45) is 2.76. The van der Waals surface area contributed by atoms with Crippen LogP contribution in [0, 0.1) is 0 Å². The van der Waals surface area contributed by atoms with Crippen LogP contribution in [0.1, 0.15) is 48.9 Å². The second-order valence-electron chi connectivity index (χ2n) is 15.2. The summed E-state index contributed by atoms with van der Waals surface area (Å²) >= 11 is 0. The lowest BCUT2D eigenvalue weighted by atomic mass is 10.0. The van der Waals surface area contributed by atoms with Gasteiger partial charge in [-0.25, -0.2) is 0 Å². The van der Waals surface area contributed by atoms with Crippen molar-refractivity contribution in [3.63, 3.8) is 0 Å². The number of furan rings is 1. The predicted octanol–water partition coefficient (Wildman–Crippen LogP) is 7.08.